The van der Waals surface area contributed by atoms with E-state index < -0.39 is 12.6 Å². The van der Waals surface area contributed by atoms with Crippen LogP contribution in [0.25, 0.3) is 10.8 Å². The van der Waals surface area contributed by atoms with Crippen molar-refractivity contribution in [2.75, 3.05) is 13.2 Å². The lowest BCUT2D eigenvalue weighted by Gasteiger charge is -2.14. The molecule has 1 N–H and O–H groups in total. The summed E-state index contributed by atoms with van der Waals surface area (Å²) in [5, 5.41) is 11.0. The molecular formula is C15H16O3. The van der Waals surface area contributed by atoms with Gasteiger partial charge in [0.1, 0.15) is 6.61 Å². The van der Waals surface area contributed by atoms with Crippen LogP contribution in [0.2, 0.25) is 0 Å². The molecule has 2 rings (SSSR count). The minimum absolute atomic E-state index is 0.103. The Morgan fingerprint density at radius 3 is 2.72 bits per heavy atom. The number of benzene rings is 2. The van der Waals surface area contributed by atoms with Gasteiger partial charge in [-0.3, -0.25) is 0 Å². The van der Waals surface area contributed by atoms with E-state index in [1.54, 1.807) is 0 Å². The summed E-state index contributed by atoms with van der Waals surface area (Å²) in [6, 6.07) is 14.2. The van der Waals surface area contributed by atoms with E-state index in [4.69, 9.17) is 9.84 Å². The molecule has 0 heterocycles. The standard InChI is InChI=1S/C15H16O3/c1-11(10-18-15(17)9-16)13-8-4-6-12-5-2-3-7-14(12)13/h2-8,11,16H,9-10H2,1H3. The number of ether oxygens (including phenoxy) is 1. The number of carbonyl (C=O) groups is 1. The first-order chi connectivity index (χ1) is 8.72. The molecule has 0 aliphatic heterocycles. The second kappa shape index (κ2) is 5.65. The number of hydrogen-bond donors (Lipinski definition) is 1. The SMILES string of the molecule is CC(COC(=O)CO)c1cccc2ccccc12. The van der Waals surface area contributed by atoms with Crippen molar-refractivity contribution in [2.24, 2.45) is 0 Å². The topological polar surface area (TPSA) is 46.5 Å². The molecule has 0 fully saturated rings. The largest absolute Gasteiger partial charge is 0.463 e. The Morgan fingerprint density at radius 2 is 1.94 bits per heavy atom. The van der Waals surface area contributed by atoms with Crippen LogP contribution in [0.3, 0.4) is 0 Å². The molecule has 3 nitrogen and oxygen atoms in total. The Kier molecular flexibility index (Phi) is 3.95. The van der Waals surface area contributed by atoms with E-state index in [0.29, 0.717) is 0 Å². The summed E-state index contributed by atoms with van der Waals surface area (Å²) in [5.74, 6) is -0.478. The van der Waals surface area contributed by atoms with E-state index in [0.717, 1.165) is 5.56 Å². The van der Waals surface area contributed by atoms with Gasteiger partial charge >= 0.3 is 5.97 Å². The highest BCUT2D eigenvalue weighted by atomic mass is 16.5. The number of aliphatic hydroxyl groups is 1. The predicted octanol–water partition coefficient (Wildman–Crippen LogP) is 2.48. The van der Waals surface area contributed by atoms with Gasteiger partial charge in [-0.1, -0.05) is 49.4 Å². The highest BCUT2D eigenvalue weighted by molar-refractivity contribution is 5.86. The van der Waals surface area contributed by atoms with Gasteiger partial charge < -0.3 is 9.84 Å². The van der Waals surface area contributed by atoms with E-state index in [2.05, 4.69) is 18.2 Å². The fourth-order valence-electron chi connectivity index (χ4n) is 2.03. The van der Waals surface area contributed by atoms with Gasteiger partial charge in [0.25, 0.3) is 0 Å². The summed E-state index contributed by atoms with van der Waals surface area (Å²) >= 11 is 0. The van der Waals surface area contributed by atoms with E-state index >= 15 is 0 Å². The molecule has 0 aromatic heterocycles. The lowest BCUT2D eigenvalue weighted by molar-refractivity contribution is -0.147. The fourth-order valence-corrected chi connectivity index (χ4v) is 2.03. The molecule has 0 spiro atoms. The summed E-state index contributed by atoms with van der Waals surface area (Å²) in [6.07, 6.45) is 0. The van der Waals surface area contributed by atoms with Crippen LogP contribution >= 0.6 is 0 Å². The molecule has 0 bridgehead atoms. The summed E-state index contributed by atoms with van der Waals surface area (Å²) in [4.78, 5) is 10.9. The lowest BCUT2D eigenvalue weighted by atomic mass is 9.95. The minimum Gasteiger partial charge on any atom is -0.463 e. The van der Waals surface area contributed by atoms with Gasteiger partial charge in [-0.25, -0.2) is 4.79 Å². The first-order valence-corrected chi connectivity index (χ1v) is 5.96. The number of hydrogen-bond acceptors (Lipinski definition) is 3. The molecule has 0 radical (unpaired) electrons. The third kappa shape index (κ3) is 2.68. The summed E-state index contributed by atoms with van der Waals surface area (Å²) in [6.45, 7) is 1.72. The van der Waals surface area contributed by atoms with Gasteiger partial charge in [0.2, 0.25) is 0 Å². The molecule has 0 aliphatic rings. The smallest absolute Gasteiger partial charge is 0.331 e. The van der Waals surface area contributed by atoms with Crippen molar-refractivity contribution in [2.45, 2.75) is 12.8 Å². The van der Waals surface area contributed by atoms with Crippen LogP contribution in [0.4, 0.5) is 0 Å². The second-order valence-electron chi connectivity index (χ2n) is 4.31. The van der Waals surface area contributed by atoms with E-state index in [9.17, 15) is 4.79 Å². The maximum atomic E-state index is 10.9. The van der Waals surface area contributed by atoms with E-state index in [1.165, 1.54) is 10.8 Å². The molecule has 2 aromatic rings. The van der Waals surface area contributed by atoms with Crippen LogP contribution in [-0.4, -0.2) is 24.3 Å². The number of fused-ring (bicyclic) bond motifs is 1. The average Bonchev–Trinajstić information content (AvgIpc) is 2.43. The Balaban J connectivity index is 2.22. The van der Waals surface area contributed by atoms with Crippen LogP contribution in [0.5, 0.6) is 0 Å². The van der Waals surface area contributed by atoms with Gasteiger partial charge in [-0.2, -0.15) is 0 Å². The Bertz CT molecular complexity index is 543. The zero-order valence-electron chi connectivity index (χ0n) is 10.3. The van der Waals surface area contributed by atoms with Crippen molar-refractivity contribution >= 4 is 16.7 Å². The van der Waals surface area contributed by atoms with E-state index in [1.807, 2.05) is 31.2 Å². The molecule has 0 aliphatic carbocycles. The van der Waals surface area contributed by atoms with Crippen molar-refractivity contribution in [3.8, 4) is 0 Å². The zero-order valence-corrected chi connectivity index (χ0v) is 10.3. The fraction of sp³-hybridized carbons (Fsp3) is 0.267. The van der Waals surface area contributed by atoms with Gasteiger partial charge in [-0.15, -0.1) is 0 Å². The van der Waals surface area contributed by atoms with Gasteiger partial charge in [0.05, 0.1) is 6.61 Å². The minimum atomic E-state index is -0.581. The molecule has 3 heteroatoms. The number of rotatable bonds is 4. The highest BCUT2D eigenvalue weighted by Crippen LogP contribution is 2.25. The maximum absolute atomic E-state index is 10.9. The van der Waals surface area contributed by atoms with Crippen molar-refractivity contribution in [1.29, 1.82) is 0 Å². The third-order valence-corrected chi connectivity index (χ3v) is 2.98. The van der Waals surface area contributed by atoms with Crippen LogP contribution in [0.1, 0.15) is 18.4 Å². The van der Waals surface area contributed by atoms with Gasteiger partial charge in [-0.05, 0) is 16.3 Å². The van der Waals surface area contributed by atoms with Crippen LogP contribution < -0.4 is 0 Å². The van der Waals surface area contributed by atoms with Gasteiger partial charge in [0, 0.05) is 5.92 Å². The molecule has 0 saturated carbocycles. The predicted molar refractivity (Wildman–Crippen MR) is 70.4 cm³/mol. The number of carbonyl (C=O) groups excluding carboxylic acids is 1. The summed E-state index contributed by atoms with van der Waals surface area (Å²) < 4.78 is 4.97. The highest BCUT2D eigenvalue weighted by Gasteiger charge is 2.11. The number of aliphatic hydroxyl groups excluding tert-OH is 1. The normalized spacial score (nSPS) is 12.3. The van der Waals surface area contributed by atoms with Crippen molar-refractivity contribution in [3.63, 3.8) is 0 Å². The molecule has 94 valence electrons. The second-order valence-corrected chi connectivity index (χ2v) is 4.31. The lowest BCUT2D eigenvalue weighted by Crippen LogP contribution is -2.13. The van der Waals surface area contributed by atoms with Crippen LogP contribution in [0.15, 0.2) is 42.5 Å². The van der Waals surface area contributed by atoms with Crippen molar-refractivity contribution in [1.82, 2.24) is 0 Å². The Morgan fingerprint density at radius 1 is 1.22 bits per heavy atom. The summed E-state index contributed by atoms with van der Waals surface area (Å²) in [5.41, 5.74) is 1.15. The Labute approximate surface area is 106 Å². The van der Waals surface area contributed by atoms with Crippen LogP contribution in [-0.2, 0) is 9.53 Å². The van der Waals surface area contributed by atoms with Crippen molar-refractivity contribution < 1.29 is 14.6 Å². The third-order valence-electron chi connectivity index (χ3n) is 2.98. The average molecular weight is 244 g/mol. The molecule has 0 saturated heterocycles. The molecule has 2 aromatic carbocycles. The molecular weight excluding hydrogens is 228 g/mol. The summed E-state index contributed by atoms with van der Waals surface area (Å²) in [7, 11) is 0. The monoisotopic (exact) mass is 244 g/mol. The molecule has 1 unspecified atom stereocenters. The molecule has 0 amide bonds. The van der Waals surface area contributed by atoms with Crippen LogP contribution in [0, 0.1) is 0 Å². The molecule has 1 atom stereocenters. The van der Waals surface area contributed by atoms with Crippen molar-refractivity contribution in [3.05, 3.63) is 48.0 Å². The number of esters is 1. The Hall–Kier alpha value is -1.87. The zero-order chi connectivity index (χ0) is 13.0. The maximum Gasteiger partial charge on any atom is 0.331 e. The van der Waals surface area contributed by atoms with E-state index in [-0.39, 0.29) is 12.5 Å². The quantitative estimate of drug-likeness (QED) is 0.840. The first-order valence-electron chi connectivity index (χ1n) is 5.96. The molecule has 18 heavy (non-hydrogen) atoms. The van der Waals surface area contributed by atoms with Gasteiger partial charge in [0.15, 0.2) is 0 Å². The first kappa shape index (κ1) is 12.6.